The van der Waals surface area contributed by atoms with Crippen molar-refractivity contribution >= 4 is 14.6 Å². The maximum absolute atomic E-state index is 11.3. The molecule has 0 fully saturated rings. The number of carbonyl (C=O) groups excluding carboxylic acids is 1. The molecule has 0 N–H and O–H groups in total. The van der Waals surface area contributed by atoms with Crippen LogP contribution < -0.4 is 0 Å². The molecule has 0 heterocycles. The highest BCUT2D eigenvalue weighted by Gasteiger charge is 2.38. The van der Waals surface area contributed by atoms with Crippen LogP contribution in [0.2, 0.25) is 18.1 Å². The lowest BCUT2D eigenvalue weighted by Gasteiger charge is -2.38. The van der Waals surface area contributed by atoms with Crippen molar-refractivity contribution < 1.29 is 9.22 Å². The predicted octanol–water partition coefficient (Wildman–Crippen LogP) is 7.61. The minimum atomic E-state index is -1.84. The lowest BCUT2D eigenvalue weighted by Crippen LogP contribution is -2.44. The molecule has 0 aliphatic rings. The SMILES string of the molecule is C=CCCC=CCCCCCCCCCC(C=O)O[Si](C)(C)C(C)(C)C. The van der Waals surface area contributed by atoms with Crippen LogP contribution >= 0.6 is 0 Å². The van der Waals surface area contributed by atoms with Gasteiger partial charge in [-0.15, -0.1) is 6.58 Å². The predicted molar refractivity (Wildman–Crippen MR) is 118 cm³/mol. The van der Waals surface area contributed by atoms with Gasteiger partial charge >= 0.3 is 0 Å². The van der Waals surface area contributed by atoms with Gasteiger partial charge in [-0.2, -0.15) is 0 Å². The number of hydrogen-bond donors (Lipinski definition) is 0. The van der Waals surface area contributed by atoms with Crippen molar-refractivity contribution in [2.75, 3.05) is 0 Å². The van der Waals surface area contributed by atoms with Crippen molar-refractivity contribution in [3.8, 4) is 0 Å². The second kappa shape index (κ2) is 14.4. The summed E-state index contributed by atoms with van der Waals surface area (Å²) in [4.78, 5) is 11.3. The molecule has 0 aliphatic carbocycles. The third-order valence-corrected chi connectivity index (χ3v) is 9.97. The van der Waals surface area contributed by atoms with Gasteiger partial charge in [0.25, 0.3) is 0 Å². The van der Waals surface area contributed by atoms with E-state index in [9.17, 15) is 4.79 Å². The largest absolute Gasteiger partial charge is 0.407 e. The molecule has 1 atom stereocenters. The Balaban J connectivity index is 3.65. The van der Waals surface area contributed by atoms with Gasteiger partial charge in [0.05, 0.1) is 0 Å². The Morgan fingerprint density at radius 2 is 1.42 bits per heavy atom. The fraction of sp³-hybridized carbons (Fsp3) is 0.783. The summed E-state index contributed by atoms with van der Waals surface area (Å²) in [5.74, 6) is 0. The van der Waals surface area contributed by atoms with Gasteiger partial charge in [-0.25, -0.2) is 0 Å². The minimum absolute atomic E-state index is 0.162. The van der Waals surface area contributed by atoms with E-state index in [1.165, 1.54) is 44.9 Å². The summed E-state index contributed by atoms with van der Waals surface area (Å²) in [7, 11) is -1.84. The van der Waals surface area contributed by atoms with Crippen LogP contribution in [0.3, 0.4) is 0 Å². The van der Waals surface area contributed by atoms with Gasteiger partial charge in [-0.05, 0) is 50.2 Å². The van der Waals surface area contributed by atoms with Crippen molar-refractivity contribution in [1.82, 2.24) is 0 Å². The molecular weight excluding hydrogens is 336 g/mol. The monoisotopic (exact) mass is 380 g/mol. The number of rotatable bonds is 16. The lowest BCUT2D eigenvalue weighted by molar-refractivity contribution is -0.114. The highest BCUT2D eigenvalue weighted by Crippen LogP contribution is 2.37. The Labute approximate surface area is 164 Å². The molecule has 0 aromatic rings. The fourth-order valence-electron chi connectivity index (χ4n) is 2.65. The van der Waals surface area contributed by atoms with Crippen molar-refractivity contribution in [2.45, 2.75) is 116 Å². The number of carbonyl (C=O) groups is 1. The van der Waals surface area contributed by atoms with Crippen LogP contribution in [0, 0.1) is 0 Å². The molecule has 0 radical (unpaired) electrons. The molecular formula is C23H44O2Si. The van der Waals surface area contributed by atoms with E-state index in [0.29, 0.717) is 0 Å². The summed E-state index contributed by atoms with van der Waals surface area (Å²) >= 11 is 0. The zero-order valence-electron chi connectivity index (χ0n) is 18.2. The van der Waals surface area contributed by atoms with Gasteiger partial charge in [-0.3, -0.25) is 0 Å². The molecule has 0 spiro atoms. The summed E-state index contributed by atoms with van der Waals surface area (Å²) in [5.41, 5.74) is 0. The van der Waals surface area contributed by atoms with Crippen LogP contribution in [0.5, 0.6) is 0 Å². The average Bonchev–Trinajstić information content (AvgIpc) is 2.56. The number of aldehydes is 1. The summed E-state index contributed by atoms with van der Waals surface area (Å²) in [6, 6.07) is 0. The fourth-order valence-corrected chi connectivity index (χ4v) is 3.94. The number of hydrogen-bond acceptors (Lipinski definition) is 2. The molecule has 0 aliphatic heterocycles. The maximum Gasteiger partial charge on any atom is 0.193 e. The van der Waals surface area contributed by atoms with Crippen LogP contribution in [0.1, 0.15) is 91.4 Å². The zero-order valence-corrected chi connectivity index (χ0v) is 19.2. The van der Waals surface area contributed by atoms with Crippen LogP contribution in [0.25, 0.3) is 0 Å². The summed E-state index contributed by atoms with van der Waals surface area (Å²) in [5, 5.41) is 0.162. The normalized spacial score (nSPS) is 13.9. The van der Waals surface area contributed by atoms with Gasteiger partial charge < -0.3 is 9.22 Å². The third-order valence-electron chi connectivity index (χ3n) is 5.47. The van der Waals surface area contributed by atoms with E-state index < -0.39 is 8.32 Å². The smallest absolute Gasteiger partial charge is 0.193 e. The third kappa shape index (κ3) is 12.6. The van der Waals surface area contributed by atoms with Gasteiger partial charge in [0, 0.05) is 0 Å². The molecule has 0 saturated heterocycles. The van der Waals surface area contributed by atoms with Crippen molar-refractivity contribution in [3.05, 3.63) is 24.8 Å². The summed E-state index contributed by atoms with van der Waals surface area (Å²) in [6.07, 6.45) is 20.6. The van der Waals surface area contributed by atoms with Crippen molar-refractivity contribution in [1.29, 1.82) is 0 Å². The van der Waals surface area contributed by atoms with Crippen LogP contribution in [-0.4, -0.2) is 20.7 Å². The molecule has 26 heavy (non-hydrogen) atoms. The van der Waals surface area contributed by atoms with Crippen molar-refractivity contribution in [3.63, 3.8) is 0 Å². The second-order valence-corrected chi connectivity index (χ2v) is 13.7. The summed E-state index contributed by atoms with van der Waals surface area (Å²) < 4.78 is 6.22. The quantitative estimate of drug-likeness (QED) is 0.119. The Kier molecular flexibility index (Phi) is 14.0. The summed E-state index contributed by atoms with van der Waals surface area (Å²) in [6.45, 7) is 14.8. The molecule has 0 aromatic heterocycles. The molecule has 0 bridgehead atoms. The van der Waals surface area contributed by atoms with E-state index in [4.69, 9.17) is 4.43 Å². The standard InChI is InChI=1S/C23H44O2Si/c1-7-8-9-10-11-12-13-14-15-16-17-18-19-20-22(21-24)25-26(5,6)23(2,3)4/h7,10-11,21-22H,1,8-9,12-20H2,2-6H3. The van der Waals surface area contributed by atoms with Gasteiger partial charge in [-0.1, -0.05) is 77.5 Å². The van der Waals surface area contributed by atoms with E-state index in [-0.39, 0.29) is 11.1 Å². The molecule has 0 aromatic carbocycles. The Morgan fingerprint density at radius 3 is 1.96 bits per heavy atom. The first-order valence-corrected chi connectivity index (χ1v) is 13.5. The van der Waals surface area contributed by atoms with E-state index in [1.54, 1.807) is 0 Å². The van der Waals surface area contributed by atoms with Crippen LogP contribution in [-0.2, 0) is 9.22 Å². The van der Waals surface area contributed by atoms with E-state index in [2.05, 4.69) is 52.6 Å². The van der Waals surface area contributed by atoms with Crippen molar-refractivity contribution in [2.24, 2.45) is 0 Å². The maximum atomic E-state index is 11.3. The van der Waals surface area contributed by atoms with Crippen LogP contribution in [0.15, 0.2) is 24.8 Å². The first-order valence-electron chi connectivity index (χ1n) is 10.6. The van der Waals surface area contributed by atoms with Crippen LogP contribution in [0.4, 0.5) is 0 Å². The molecule has 0 saturated carbocycles. The molecule has 2 nitrogen and oxygen atoms in total. The first kappa shape index (κ1) is 25.3. The van der Waals surface area contributed by atoms with E-state index >= 15 is 0 Å². The van der Waals surface area contributed by atoms with Gasteiger partial charge in [0.15, 0.2) is 8.32 Å². The second-order valence-electron chi connectivity index (χ2n) is 8.94. The minimum Gasteiger partial charge on any atom is -0.407 e. The molecule has 3 heteroatoms. The molecule has 1 unspecified atom stereocenters. The lowest BCUT2D eigenvalue weighted by atomic mass is 10.1. The van der Waals surface area contributed by atoms with E-state index in [1.807, 2.05) is 6.08 Å². The first-order chi connectivity index (χ1) is 12.2. The highest BCUT2D eigenvalue weighted by molar-refractivity contribution is 6.74. The van der Waals surface area contributed by atoms with Gasteiger partial charge in [0.1, 0.15) is 12.4 Å². The number of allylic oxidation sites excluding steroid dienone is 3. The average molecular weight is 381 g/mol. The Bertz CT molecular complexity index is 394. The van der Waals surface area contributed by atoms with E-state index in [0.717, 1.165) is 32.0 Å². The topological polar surface area (TPSA) is 26.3 Å². The molecule has 0 amide bonds. The Hall–Kier alpha value is -0.673. The highest BCUT2D eigenvalue weighted by atomic mass is 28.4. The molecule has 152 valence electrons. The zero-order chi connectivity index (χ0) is 19.9. The Morgan fingerprint density at radius 1 is 0.885 bits per heavy atom. The van der Waals surface area contributed by atoms with Gasteiger partial charge in [0.2, 0.25) is 0 Å². The number of unbranched alkanes of at least 4 members (excludes halogenated alkanes) is 8. The molecule has 0 rings (SSSR count).